The van der Waals surface area contributed by atoms with Crippen LogP contribution in [-0.2, 0) is 4.79 Å². The molecule has 0 aliphatic carbocycles. The number of ether oxygens (including phenoxy) is 2. The highest BCUT2D eigenvalue weighted by Crippen LogP contribution is 2.28. The first-order valence-electron chi connectivity index (χ1n) is 8.10. The van der Waals surface area contributed by atoms with Gasteiger partial charge in [-0.2, -0.15) is 0 Å². The number of carboxylic acid groups (broad SMARTS) is 1. The minimum Gasteiger partial charge on any atom is -0.493 e. The fourth-order valence-electron chi connectivity index (χ4n) is 2.07. The Hall–Kier alpha value is -2.24. The Labute approximate surface area is 143 Å². The van der Waals surface area contributed by atoms with Crippen molar-refractivity contribution in [1.82, 2.24) is 5.32 Å². The first-order chi connectivity index (χ1) is 11.3. The summed E-state index contributed by atoms with van der Waals surface area (Å²) in [6, 6.07) is 3.88. The molecule has 0 aliphatic heterocycles. The molecule has 1 aromatic rings. The van der Waals surface area contributed by atoms with Crippen LogP contribution in [0.1, 0.15) is 44.5 Å². The SMILES string of the molecule is COc1cc(C(=O)N[C@H](C(=O)O)C(C)C)ccc1OCCC(C)C. The van der Waals surface area contributed by atoms with Crippen molar-refractivity contribution in [1.29, 1.82) is 0 Å². The molecule has 134 valence electrons. The lowest BCUT2D eigenvalue weighted by atomic mass is 10.0. The molecule has 0 saturated carbocycles. The lowest BCUT2D eigenvalue weighted by molar-refractivity contribution is -0.140. The number of aliphatic carboxylic acids is 1. The lowest BCUT2D eigenvalue weighted by Gasteiger charge is -2.18. The van der Waals surface area contributed by atoms with Gasteiger partial charge >= 0.3 is 5.97 Å². The molecule has 1 aromatic carbocycles. The van der Waals surface area contributed by atoms with Crippen LogP contribution in [0.2, 0.25) is 0 Å². The maximum absolute atomic E-state index is 12.3. The zero-order chi connectivity index (χ0) is 18.3. The van der Waals surface area contributed by atoms with Crippen molar-refractivity contribution in [3.63, 3.8) is 0 Å². The second-order valence-corrected chi connectivity index (χ2v) is 6.43. The van der Waals surface area contributed by atoms with E-state index in [0.717, 1.165) is 6.42 Å². The van der Waals surface area contributed by atoms with Gasteiger partial charge in [0.05, 0.1) is 13.7 Å². The van der Waals surface area contributed by atoms with Crippen LogP contribution in [0.15, 0.2) is 18.2 Å². The maximum Gasteiger partial charge on any atom is 0.326 e. The zero-order valence-corrected chi connectivity index (χ0v) is 15.0. The van der Waals surface area contributed by atoms with Crippen LogP contribution in [0.4, 0.5) is 0 Å². The van der Waals surface area contributed by atoms with Gasteiger partial charge in [-0.25, -0.2) is 4.79 Å². The zero-order valence-electron chi connectivity index (χ0n) is 15.0. The van der Waals surface area contributed by atoms with E-state index in [-0.39, 0.29) is 5.92 Å². The van der Waals surface area contributed by atoms with E-state index in [4.69, 9.17) is 14.6 Å². The Balaban J connectivity index is 2.85. The lowest BCUT2D eigenvalue weighted by Crippen LogP contribution is -2.44. The van der Waals surface area contributed by atoms with Crippen LogP contribution in [-0.4, -0.2) is 36.7 Å². The number of benzene rings is 1. The summed E-state index contributed by atoms with van der Waals surface area (Å²) in [6.07, 6.45) is 0.917. The predicted molar refractivity (Wildman–Crippen MR) is 91.7 cm³/mol. The van der Waals surface area contributed by atoms with Gasteiger partial charge in [0.1, 0.15) is 6.04 Å². The highest BCUT2D eigenvalue weighted by molar-refractivity contribution is 5.97. The van der Waals surface area contributed by atoms with E-state index in [9.17, 15) is 9.59 Å². The summed E-state index contributed by atoms with van der Waals surface area (Å²) in [5.74, 6) is -0.185. The average molecular weight is 337 g/mol. The van der Waals surface area contributed by atoms with E-state index in [1.807, 2.05) is 0 Å². The maximum atomic E-state index is 12.3. The summed E-state index contributed by atoms with van der Waals surface area (Å²) in [4.78, 5) is 23.5. The van der Waals surface area contributed by atoms with Crippen molar-refractivity contribution in [2.75, 3.05) is 13.7 Å². The van der Waals surface area contributed by atoms with Crippen LogP contribution in [0, 0.1) is 11.8 Å². The smallest absolute Gasteiger partial charge is 0.326 e. The van der Waals surface area contributed by atoms with Gasteiger partial charge in [-0.3, -0.25) is 4.79 Å². The molecular weight excluding hydrogens is 310 g/mol. The van der Waals surface area contributed by atoms with Crippen molar-refractivity contribution in [3.8, 4) is 11.5 Å². The molecule has 6 nitrogen and oxygen atoms in total. The van der Waals surface area contributed by atoms with Crippen LogP contribution >= 0.6 is 0 Å². The highest BCUT2D eigenvalue weighted by Gasteiger charge is 2.24. The average Bonchev–Trinajstić information content (AvgIpc) is 2.51. The van der Waals surface area contributed by atoms with Gasteiger partial charge in [0.25, 0.3) is 5.91 Å². The number of carbonyl (C=O) groups excluding carboxylic acids is 1. The molecule has 0 spiro atoms. The normalized spacial score (nSPS) is 12.1. The van der Waals surface area contributed by atoms with Gasteiger partial charge in [0.2, 0.25) is 0 Å². The summed E-state index contributed by atoms with van der Waals surface area (Å²) < 4.78 is 11.0. The molecule has 2 N–H and O–H groups in total. The third kappa shape index (κ3) is 5.76. The van der Waals surface area contributed by atoms with Crippen LogP contribution < -0.4 is 14.8 Å². The van der Waals surface area contributed by atoms with E-state index in [0.29, 0.717) is 29.6 Å². The van der Waals surface area contributed by atoms with Crippen LogP contribution in [0.25, 0.3) is 0 Å². The second kappa shape index (κ2) is 9.15. The summed E-state index contributed by atoms with van der Waals surface area (Å²) in [5, 5.41) is 11.7. The van der Waals surface area contributed by atoms with E-state index in [2.05, 4.69) is 19.2 Å². The highest BCUT2D eigenvalue weighted by atomic mass is 16.5. The molecule has 1 rings (SSSR count). The van der Waals surface area contributed by atoms with E-state index < -0.39 is 17.9 Å². The Kier molecular flexibility index (Phi) is 7.55. The van der Waals surface area contributed by atoms with Crippen molar-refractivity contribution >= 4 is 11.9 Å². The Morgan fingerprint density at radius 3 is 2.33 bits per heavy atom. The standard InChI is InChI=1S/C18H27NO5/c1-11(2)8-9-24-14-7-6-13(10-15(14)23-5)17(20)19-16(12(3)4)18(21)22/h6-7,10-12,16H,8-9H2,1-5H3,(H,19,20)(H,21,22)/t16-/m0/s1. The summed E-state index contributed by atoms with van der Waals surface area (Å²) in [5.41, 5.74) is 0.329. The second-order valence-electron chi connectivity index (χ2n) is 6.43. The molecule has 1 atom stereocenters. The van der Waals surface area contributed by atoms with Gasteiger partial charge in [0, 0.05) is 5.56 Å². The number of carboxylic acids is 1. The molecular formula is C18H27NO5. The number of amides is 1. The summed E-state index contributed by atoms with van der Waals surface area (Å²) in [7, 11) is 1.50. The molecule has 0 unspecified atom stereocenters. The number of carbonyl (C=O) groups is 2. The van der Waals surface area contributed by atoms with Gasteiger partial charge in [-0.15, -0.1) is 0 Å². The molecule has 1 amide bonds. The molecule has 0 heterocycles. The van der Waals surface area contributed by atoms with Crippen molar-refractivity contribution in [2.45, 2.75) is 40.2 Å². The molecule has 6 heteroatoms. The van der Waals surface area contributed by atoms with Crippen molar-refractivity contribution in [3.05, 3.63) is 23.8 Å². The molecule has 0 bridgehead atoms. The van der Waals surface area contributed by atoms with E-state index >= 15 is 0 Å². The van der Waals surface area contributed by atoms with Crippen molar-refractivity contribution < 1.29 is 24.2 Å². The quantitative estimate of drug-likeness (QED) is 0.723. The molecule has 0 aromatic heterocycles. The summed E-state index contributed by atoms with van der Waals surface area (Å²) in [6.45, 7) is 8.27. The molecule has 0 fully saturated rings. The van der Waals surface area contributed by atoms with Gasteiger partial charge in [-0.05, 0) is 36.5 Å². The minimum absolute atomic E-state index is 0.216. The number of hydrogen-bond donors (Lipinski definition) is 2. The van der Waals surface area contributed by atoms with E-state index in [1.54, 1.807) is 32.0 Å². The van der Waals surface area contributed by atoms with Crippen LogP contribution in [0.5, 0.6) is 11.5 Å². The number of methoxy groups -OCH3 is 1. The Morgan fingerprint density at radius 2 is 1.83 bits per heavy atom. The minimum atomic E-state index is -1.06. The Morgan fingerprint density at radius 1 is 1.17 bits per heavy atom. The first-order valence-corrected chi connectivity index (χ1v) is 8.10. The molecule has 0 radical (unpaired) electrons. The Bertz CT molecular complexity index is 569. The summed E-state index contributed by atoms with van der Waals surface area (Å²) >= 11 is 0. The fraction of sp³-hybridized carbons (Fsp3) is 0.556. The molecule has 0 aliphatic rings. The van der Waals surface area contributed by atoms with Crippen molar-refractivity contribution in [2.24, 2.45) is 11.8 Å². The number of nitrogens with one attached hydrogen (secondary N) is 1. The first kappa shape index (κ1) is 19.8. The fourth-order valence-corrected chi connectivity index (χ4v) is 2.07. The monoisotopic (exact) mass is 337 g/mol. The third-order valence-corrected chi connectivity index (χ3v) is 3.60. The van der Waals surface area contributed by atoms with E-state index in [1.165, 1.54) is 7.11 Å². The van der Waals surface area contributed by atoms with Gasteiger partial charge in [0.15, 0.2) is 11.5 Å². The van der Waals surface area contributed by atoms with Gasteiger partial charge < -0.3 is 19.9 Å². The number of hydrogen-bond acceptors (Lipinski definition) is 4. The largest absolute Gasteiger partial charge is 0.493 e. The third-order valence-electron chi connectivity index (χ3n) is 3.60. The molecule has 0 saturated heterocycles. The predicted octanol–water partition coefficient (Wildman–Crippen LogP) is 2.96. The van der Waals surface area contributed by atoms with Crippen LogP contribution in [0.3, 0.4) is 0 Å². The number of rotatable bonds is 9. The molecule has 24 heavy (non-hydrogen) atoms. The van der Waals surface area contributed by atoms with Gasteiger partial charge in [-0.1, -0.05) is 27.7 Å². The topological polar surface area (TPSA) is 84.9 Å².